The molecule has 0 aliphatic carbocycles. The molecule has 2 unspecified atom stereocenters. The van der Waals surface area contributed by atoms with Crippen molar-refractivity contribution in [2.24, 2.45) is 5.73 Å². The number of fused-ring (bicyclic) bond motifs is 1. The third-order valence-corrected chi connectivity index (χ3v) is 5.64. The van der Waals surface area contributed by atoms with Crippen LogP contribution in [0.1, 0.15) is 31.9 Å². The van der Waals surface area contributed by atoms with Crippen LogP contribution >= 0.6 is 12.4 Å². The Hall–Kier alpha value is -2.84. The average molecular weight is 447 g/mol. The van der Waals surface area contributed by atoms with Gasteiger partial charge in [-0.25, -0.2) is 9.78 Å². The van der Waals surface area contributed by atoms with Gasteiger partial charge >= 0.3 is 6.09 Å². The smallest absolute Gasteiger partial charge is 0.405 e. The summed E-state index contributed by atoms with van der Waals surface area (Å²) in [4.78, 5) is 32.2. The Morgan fingerprint density at radius 2 is 1.87 bits per heavy atom. The molecule has 0 saturated carbocycles. The van der Waals surface area contributed by atoms with Crippen LogP contribution in [0, 0.1) is 0 Å². The van der Waals surface area contributed by atoms with Gasteiger partial charge in [0.05, 0.1) is 18.9 Å². The Morgan fingerprint density at radius 1 is 1.16 bits per heavy atom. The number of nitrogens with two attached hydrogens (primary N) is 1. The van der Waals surface area contributed by atoms with Crippen LogP contribution in [0.4, 0.5) is 16.3 Å². The molecule has 8 nitrogen and oxygen atoms in total. The number of morpholine rings is 1. The van der Waals surface area contributed by atoms with Crippen molar-refractivity contribution in [3.63, 3.8) is 0 Å². The minimum Gasteiger partial charge on any atom is -0.441 e. The van der Waals surface area contributed by atoms with Gasteiger partial charge in [0.2, 0.25) is 5.91 Å². The van der Waals surface area contributed by atoms with Gasteiger partial charge < -0.3 is 25.0 Å². The highest BCUT2D eigenvalue weighted by Gasteiger charge is 2.34. The summed E-state index contributed by atoms with van der Waals surface area (Å²) in [6.45, 7) is 6.55. The zero-order valence-electron chi connectivity index (χ0n) is 17.6. The molecule has 4 rings (SSSR count). The van der Waals surface area contributed by atoms with Crippen LogP contribution in [0.5, 0.6) is 0 Å². The highest BCUT2D eigenvalue weighted by molar-refractivity contribution is 5.94. The van der Waals surface area contributed by atoms with E-state index in [1.54, 1.807) is 4.90 Å². The number of rotatable bonds is 3. The maximum absolute atomic E-state index is 12.2. The van der Waals surface area contributed by atoms with Crippen LogP contribution in [0.3, 0.4) is 0 Å². The van der Waals surface area contributed by atoms with Gasteiger partial charge in [0, 0.05) is 49.8 Å². The number of ether oxygens (including phenoxy) is 2. The van der Waals surface area contributed by atoms with Crippen molar-refractivity contribution in [1.82, 2.24) is 4.98 Å². The van der Waals surface area contributed by atoms with E-state index in [1.807, 2.05) is 43.5 Å². The molecule has 0 spiro atoms. The number of anilines is 2. The summed E-state index contributed by atoms with van der Waals surface area (Å²) < 4.78 is 10.8. The molecule has 1 aromatic carbocycles. The van der Waals surface area contributed by atoms with Gasteiger partial charge in [-0.3, -0.25) is 4.79 Å². The molecule has 2 aliphatic rings. The first kappa shape index (κ1) is 22.8. The van der Waals surface area contributed by atoms with Crippen molar-refractivity contribution in [3.8, 4) is 11.1 Å². The molecule has 0 radical (unpaired) electrons. The predicted octanol–water partition coefficient (Wildman–Crippen LogP) is 3.29. The average Bonchev–Trinajstić information content (AvgIpc) is 2.73. The van der Waals surface area contributed by atoms with E-state index in [9.17, 15) is 9.59 Å². The monoisotopic (exact) mass is 446 g/mol. The quantitative estimate of drug-likeness (QED) is 0.776. The van der Waals surface area contributed by atoms with Crippen molar-refractivity contribution in [2.75, 3.05) is 36.1 Å². The lowest BCUT2D eigenvalue weighted by molar-refractivity contribution is -0.117. The Kier molecular flexibility index (Phi) is 7.02. The molecule has 3 heterocycles. The van der Waals surface area contributed by atoms with Crippen LogP contribution in [-0.4, -0.2) is 49.3 Å². The van der Waals surface area contributed by atoms with Gasteiger partial charge in [-0.05, 0) is 36.8 Å². The van der Waals surface area contributed by atoms with E-state index in [0.29, 0.717) is 19.6 Å². The molecular formula is C22H27ClN4O4. The van der Waals surface area contributed by atoms with Crippen LogP contribution in [0.15, 0.2) is 36.5 Å². The zero-order valence-corrected chi connectivity index (χ0v) is 18.4. The first-order valence-corrected chi connectivity index (χ1v) is 10.1. The number of carbonyl (C=O) groups excluding carboxylic acids is 2. The van der Waals surface area contributed by atoms with Crippen molar-refractivity contribution in [1.29, 1.82) is 0 Å². The van der Waals surface area contributed by atoms with E-state index >= 15 is 0 Å². The highest BCUT2D eigenvalue weighted by Crippen LogP contribution is 2.41. The number of nitrogens with zero attached hydrogens (tertiary/aromatic N) is 3. The van der Waals surface area contributed by atoms with Crippen molar-refractivity contribution >= 4 is 35.9 Å². The molecule has 1 fully saturated rings. The number of pyridine rings is 1. The third kappa shape index (κ3) is 4.75. The van der Waals surface area contributed by atoms with Gasteiger partial charge in [-0.2, -0.15) is 0 Å². The fourth-order valence-corrected chi connectivity index (χ4v) is 4.26. The van der Waals surface area contributed by atoms with E-state index < -0.39 is 12.2 Å². The van der Waals surface area contributed by atoms with Crippen LogP contribution in [0.25, 0.3) is 11.1 Å². The van der Waals surface area contributed by atoms with Crippen molar-refractivity contribution in [2.45, 2.75) is 32.4 Å². The lowest BCUT2D eigenvalue weighted by atomic mass is 9.91. The molecule has 2 aromatic rings. The Morgan fingerprint density at radius 3 is 2.48 bits per heavy atom. The van der Waals surface area contributed by atoms with Crippen molar-refractivity contribution < 1.29 is 19.1 Å². The van der Waals surface area contributed by atoms with Crippen molar-refractivity contribution in [3.05, 3.63) is 42.1 Å². The number of hydrogen-bond acceptors (Lipinski definition) is 6. The molecular weight excluding hydrogens is 420 g/mol. The van der Waals surface area contributed by atoms with Gasteiger partial charge in [0.1, 0.15) is 11.9 Å². The second-order valence-electron chi connectivity index (χ2n) is 7.68. The molecule has 1 aromatic heterocycles. The summed E-state index contributed by atoms with van der Waals surface area (Å²) >= 11 is 0. The second kappa shape index (κ2) is 9.53. The fourth-order valence-electron chi connectivity index (χ4n) is 4.26. The molecule has 2 atom stereocenters. The SMILES string of the molecule is CC(=O)N1c2ccc(-c3ccc(N4CCOCC4)nc3)cc2C(OC(N)=O)CC1C.Cl. The maximum atomic E-state index is 12.2. The van der Waals surface area contributed by atoms with Gasteiger partial charge in [0.15, 0.2) is 0 Å². The topological polar surface area (TPSA) is 98.0 Å². The first-order chi connectivity index (χ1) is 14.4. The van der Waals surface area contributed by atoms with Crippen LogP contribution in [0.2, 0.25) is 0 Å². The number of carbonyl (C=O) groups is 2. The van der Waals surface area contributed by atoms with Crippen LogP contribution in [-0.2, 0) is 14.3 Å². The molecule has 2 aliphatic heterocycles. The fraction of sp³-hybridized carbons (Fsp3) is 0.409. The molecule has 0 bridgehead atoms. The molecule has 166 valence electrons. The predicted molar refractivity (Wildman–Crippen MR) is 121 cm³/mol. The lowest BCUT2D eigenvalue weighted by Gasteiger charge is -2.38. The standard InChI is InChI=1S/C22H26N4O4.ClH/c1-14-11-20(30-22(23)28)18-12-16(3-5-19(18)26(14)15(2)27)17-4-6-21(24-13-17)25-7-9-29-10-8-25;/h3-6,12-14,20H,7-11H2,1-2H3,(H2,23,28);1H. The Balaban J connectivity index is 0.00000272. The number of amides is 2. The van der Waals surface area contributed by atoms with Gasteiger partial charge in [-0.1, -0.05) is 6.07 Å². The van der Waals surface area contributed by atoms with E-state index in [-0.39, 0.29) is 24.4 Å². The molecule has 1 saturated heterocycles. The minimum absolute atomic E-state index is 0. The van der Waals surface area contributed by atoms with E-state index in [0.717, 1.165) is 41.3 Å². The number of hydrogen-bond donors (Lipinski definition) is 1. The summed E-state index contributed by atoms with van der Waals surface area (Å²) in [7, 11) is 0. The normalized spacial score (nSPS) is 20.5. The minimum atomic E-state index is -0.823. The number of halogens is 1. The van der Waals surface area contributed by atoms with Crippen LogP contribution < -0.4 is 15.5 Å². The summed E-state index contributed by atoms with van der Waals surface area (Å²) in [5, 5.41) is 0. The summed E-state index contributed by atoms with van der Waals surface area (Å²) in [5.74, 6) is 0.872. The number of primary amides is 1. The summed E-state index contributed by atoms with van der Waals surface area (Å²) in [6.07, 6.45) is 1.01. The van der Waals surface area contributed by atoms with Gasteiger partial charge in [-0.15, -0.1) is 12.4 Å². The largest absolute Gasteiger partial charge is 0.441 e. The summed E-state index contributed by atoms with van der Waals surface area (Å²) in [5.41, 5.74) is 8.69. The van der Waals surface area contributed by atoms with Gasteiger partial charge in [0.25, 0.3) is 0 Å². The first-order valence-electron chi connectivity index (χ1n) is 10.1. The third-order valence-electron chi connectivity index (χ3n) is 5.64. The summed E-state index contributed by atoms with van der Waals surface area (Å²) in [6, 6.07) is 9.74. The lowest BCUT2D eigenvalue weighted by Crippen LogP contribution is -2.43. The Labute approximate surface area is 187 Å². The number of aromatic nitrogens is 1. The molecule has 31 heavy (non-hydrogen) atoms. The number of benzene rings is 1. The molecule has 2 N–H and O–H groups in total. The zero-order chi connectivity index (χ0) is 21.3. The Bertz CT molecular complexity index is 947. The highest BCUT2D eigenvalue weighted by atomic mass is 35.5. The van der Waals surface area contributed by atoms with E-state index in [2.05, 4.69) is 9.88 Å². The van der Waals surface area contributed by atoms with E-state index in [1.165, 1.54) is 6.92 Å². The molecule has 2 amide bonds. The molecule has 9 heteroatoms. The second-order valence-corrected chi connectivity index (χ2v) is 7.68. The maximum Gasteiger partial charge on any atom is 0.405 e. The van der Waals surface area contributed by atoms with E-state index in [4.69, 9.17) is 15.2 Å².